The largest absolute Gasteiger partial charge is 0.354 e. The molecule has 0 spiro atoms. The summed E-state index contributed by atoms with van der Waals surface area (Å²) in [7, 11) is 1.56. The van der Waals surface area contributed by atoms with Crippen LogP contribution in [0.3, 0.4) is 0 Å². The molecular formula is C8H19N3O2. The van der Waals surface area contributed by atoms with Gasteiger partial charge in [0.05, 0.1) is 12.1 Å². The number of hydrogen-bond donors (Lipinski definition) is 3. The van der Waals surface area contributed by atoms with Crippen molar-refractivity contribution in [1.82, 2.24) is 0 Å². The number of hydrogen-bond acceptors (Lipinski definition) is 5. The van der Waals surface area contributed by atoms with E-state index in [1.807, 2.05) is 6.92 Å². The van der Waals surface area contributed by atoms with Crippen molar-refractivity contribution in [3.05, 3.63) is 0 Å². The van der Waals surface area contributed by atoms with Gasteiger partial charge in [-0.1, -0.05) is 6.92 Å². The van der Waals surface area contributed by atoms with Crippen LogP contribution >= 0.6 is 0 Å². The molecule has 1 heterocycles. The van der Waals surface area contributed by atoms with Gasteiger partial charge in [-0.3, -0.25) is 0 Å². The zero-order valence-corrected chi connectivity index (χ0v) is 8.14. The van der Waals surface area contributed by atoms with Crippen molar-refractivity contribution in [3.63, 3.8) is 0 Å². The summed E-state index contributed by atoms with van der Waals surface area (Å²) in [6.07, 6.45) is -0.487. The maximum absolute atomic E-state index is 5.91. The van der Waals surface area contributed by atoms with E-state index < -0.39 is 6.29 Å². The van der Waals surface area contributed by atoms with Crippen LogP contribution in [0.5, 0.6) is 0 Å². The third-order valence-corrected chi connectivity index (χ3v) is 2.73. The molecule has 0 aliphatic carbocycles. The Hall–Kier alpha value is -0.200. The molecule has 13 heavy (non-hydrogen) atoms. The number of ether oxygens (including phenoxy) is 2. The molecule has 1 fully saturated rings. The van der Waals surface area contributed by atoms with Crippen LogP contribution < -0.4 is 17.2 Å². The fourth-order valence-electron chi connectivity index (χ4n) is 1.65. The Kier molecular flexibility index (Phi) is 3.63. The highest BCUT2D eigenvalue weighted by Gasteiger charge is 2.39. The Bertz CT molecular complexity index is 147. The quantitative estimate of drug-likeness (QED) is 0.497. The molecular weight excluding hydrogens is 170 g/mol. The molecule has 0 aromatic rings. The van der Waals surface area contributed by atoms with Gasteiger partial charge in [0.2, 0.25) is 0 Å². The molecule has 5 atom stereocenters. The molecule has 5 heteroatoms. The fraction of sp³-hybridized carbons (Fsp3) is 1.00. The minimum absolute atomic E-state index is 0.0558. The zero-order chi connectivity index (χ0) is 10.0. The number of methoxy groups -OCH3 is 1. The minimum Gasteiger partial charge on any atom is -0.354 e. The Morgan fingerprint density at radius 1 is 1.31 bits per heavy atom. The minimum atomic E-state index is -0.431. The third-order valence-electron chi connectivity index (χ3n) is 2.73. The number of nitrogens with two attached hydrogens (primary N) is 3. The molecule has 6 N–H and O–H groups in total. The first-order chi connectivity index (χ1) is 6.11. The van der Waals surface area contributed by atoms with E-state index in [4.69, 9.17) is 26.7 Å². The summed E-state index contributed by atoms with van der Waals surface area (Å²) in [6.45, 7) is 2.44. The molecule has 1 aliphatic rings. The SMILES string of the molecule is CO[C@H]1OC(CN)[C@@H](C)C(N)C1N. The van der Waals surface area contributed by atoms with E-state index in [1.54, 1.807) is 7.11 Å². The summed E-state index contributed by atoms with van der Waals surface area (Å²) in [5.74, 6) is 0.173. The maximum Gasteiger partial charge on any atom is 0.174 e. The second kappa shape index (κ2) is 4.34. The van der Waals surface area contributed by atoms with Crippen molar-refractivity contribution < 1.29 is 9.47 Å². The highest BCUT2D eigenvalue weighted by molar-refractivity contribution is 4.92. The second-order valence-electron chi connectivity index (χ2n) is 3.53. The highest BCUT2D eigenvalue weighted by Crippen LogP contribution is 2.22. The predicted molar refractivity (Wildman–Crippen MR) is 49.8 cm³/mol. The molecule has 0 aromatic carbocycles. The average Bonchev–Trinajstić information content (AvgIpc) is 2.15. The van der Waals surface area contributed by atoms with Crippen LogP contribution in [-0.2, 0) is 9.47 Å². The summed E-state index contributed by atoms with van der Waals surface area (Å²) < 4.78 is 10.6. The van der Waals surface area contributed by atoms with Gasteiger partial charge in [-0.25, -0.2) is 0 Å². The lowest BCUT2D eigenvalue weighted by molar-refractivity contribution is -0.206. The lowest BCUT2D eigenvalue weighted by Gasteiger charge is -2.41. The van der Waals surface area contributed by atoms with Gasteiger partial charge in [0.25, 0.3) is 0 Å². The van der Waals surface area contributed by atoms with Crippen molar-refractivity contribution in [2.45, 2.75) is 31.4 Å². The van der Waals surface area contributed by atoms with Crippen LogP contribution in [0.4, 0.5) is 0 Å². The van der Waals surface area contributed by atoms with Gasteiger partial charge in [-0.15, -0.1) is 0 Å². The van der Waals surface area contributed by atoms with E-state index in [2.05, 4.69) is 0 Å². The Balaban J connectivity index is 2.66. The topological polar surface area (TPSA) is 96.5 Å². The van der Waals surface area contributed by atoms with Crippen LogP contribution in [0.25, 0.3) is 0 Å². The van der Waals surface area contributed by atoms with E-state index in [0.717, 1.165) is 0 Å². The molecule has 0 bridgehead atoms. The van der Waals surface area contributed by atoms with Crippen molar-refractivity contribution >= 4 is 0 Å². The molecule has 0 radical (unpaired) electrons. The molecule has 1 rings (SSSR count). The van der Waals surface area contributed by atoms with Gasteiger partial charge in [-0.05, 0) is 0 Å². The molecule has 78 valence electrons. The molecule has 1 aliphatic heterocycles. The standard InChI is InChI=1S/C8H19N3O2/c1-4-5(3-9)13-8(12-2)7(11)6(4)10/h4-8H,3,9-11H2,1-2H3/t4-,5?,6?,7?,8+/m1/s1. The molecule has 3 unspecified atom stereocenters. The van der Waals surface area contributed by atoms with E-state index in [-0.39, 0.29) is 24.1 Å². The van der Waals surface area contributed by atoms with Gasteiger partial charge >= 0.3 is 0 Å². The van der Waals surface area contributed by atoms with Crippen molar-refractivity contribution in [2.75, 3.05) is 13.7 Å². The van der Waals surface area contributed by atoms with Crippen LogP contribution in [-0.4, -0.2) is 38.1 Å². The van der Waals surface area contributed by atoms with E-state index in [1.165, 1.54) is 0 Å². The monoisotopic (exact) mass is 189 g/mol. The van der Waals surface area contributed by atoms with E-state index in [9.17, 15) is 0 Å². The highest BCUT2D eigenvalue weighted by atomic mass is 16.7. The summed E-state index contributed by atoms with van der Waals surface area (Å²) in [5, 5.41) is 0. The second-order valence-corrected chi connectivity index (χ2v) is 3.53. The van der Waals surface area contributed by atoms with Gasteiger partial charge in [0.1, 0.15) is 0 Å². The lowest BCUT2D eigenvalue weighted by atomic mass is 9.88. The van der Waals surface area contributed by atoms with Crippen LogP contribution in [0.1, 0.15) is 6.92 Å². The fourth-order valence-corrected chi connectivity index (χ4v) is 1.65. The summed E-state index contributed by atoms with van der Waals surface area (Å²) >= 11 is 0. The van der Waals surface area contributed by atoms with Crippen molar-refractivity contribution in [2.24, 2.45) is 23.1 Å². The normalized spacial score (nSPS) is 46.4. The van der Waals surface area contributed by atoms with Gasteiger partial charge < -0.3 is 26.7 Å². The van der Waals surface area contributed by atoms with Crippen LogP contribution in [0.15, 0.2) is 0 Å². The predicted octanol–water partition coefficient (Wildman–Crippen LogP) is -1.39. The third kappa shape index (κ3) is 2.00. The molecule has 0 saturated carbocycles. The van der Waals surface area contributed by atoms with E-state index >= 15 is 0 Å². The van der Waals surface area contributed by atoms with Crippen molar-refractivity contribution in [3.8, 4) is 0 Å². The molecule has 0 aromatic heterocycles. The Morgan fingerprint density at radius 2 is 1.92 bits per heavy atom. The zero-order valence-electron chi connectivity index (χ0n) is 8.14. The van der Waals surface area contributed by atoms with Crippen LogP contribution in [0.2, 0.25) is 0 Å². The molecule has 0 amide bonds. The average molecular weight is 189 g/mol. The Labute approximate surface area is 78.5 Å². The first kappa shape index (κ1) is 10.9. The van der Waals surface area contributed by atoms with Crippen molar-refractivity contribution in [1.29, 1.82) is 0 Å². The summed E-state index contributed by atoms with van der Waals surface area (Å²) in [4.78, 5) is 0. The van der Waals surface area contributed by atoms with Crippen LogP contribution in [0, 0.1) is 5.92 Å². The lowest BCUT2D eigenvalue weighted by Crippen LogP contribution is -2.62. The van der Waals surface area contributed by atoms with E-state index in [0.29, 0.717) is 6.54 Å². The maximum atomic E-state index is 5.91. The first-order valence-electron chi connectivity index (χ1n) is 4.51. The smallest absolute Gasteiger partial charge is 0.174 e. The van der Waals surface area contributed by atoms with Gasteiger partial charge in [0, 0.05) is 25.6 Å². The Morgan fingerprint density at radius 3 is 2.38 bits per heavy atom. The molecule has 1 saturated heterocycles. The summed E-state index contributed by atoms with van der Waals surface area (Å²) in [5.41, 5.74) is 17.3. The number of rotatable bonds is 2. The summed E-state index contributed by atoms with van der Waals surface area (Å²) in [6, 6.07) is -0.393. The first-order valence-corrected chi connectivity index (χ1v) is 4.51. The van der Waals surface area contributed by atoms with Gasteiger partial charge in [0.15, 0.2) is 6.29 Å². The molecule has 5 nitrogen and oxygen atoms in total. The van der Waals surface area contributed by atoms with Gasteiger partial charge in [-0.2, -0.15) is 0 Å².